The fourth-order valence-corrected chi connectivity index (χ4v) is 3.24. The van der Waals surface area contributed by atoms with E-state index in [2.05, 4.69) is 15.4 Å². The minimum atomic E-state index is -0.300. The van der Waals surface area contributed by atoms with Crippen LogP contribution < -0.4 is 10.1 Å². The maximum absolute atomic E-state index is 12.1. The molecule has 0 bridgehead atoms. The van der Waals surface area contributed by atoms with Gasteiger partial charge in [-0.2, -0.15) is 4.98 Å². The van der Waals surface area contributed by atoms with Crippen molar-refractivity contribution in [3.05, 3.63) is 66.0 Å². The molecular formula is C20H20N4O3. The van der Waals surface area contributed by atoms with Crippen LogP contribution in [0.4, 0.5) is 5.95 Å². The summed E-state index contributed by atoms with van der Waals surface area (Å²) in [7, 11) is 0. The maximum Gasteiger partial charge on any atom is 0.264 e. The average molecular weight is 364 g/mol. The van der Waals surface area contributed by atoms with E-state index in [1.807, 2.05) is 35.0 Å². The van der Waals surface area contributed by atoms with Gasteiger partial charge in [-0.25, -0.2) is 4.68 Å². The topological polar surface area (TPSA) is 89.3 Å². The van der Waals surface area contributed by atoms with E-state index in [1.165, 1.54) is 0 Å². The fraction of sp³-hybridized carbons (Fsp3) is 0.250. The Kier molecular flexibility index (Phi) is 4.74. The lowest BCUT2D eigenvalue weighted by Crippen LogP contribution is -2.21. The number of ether oxygens (including phenoxy) is 1. The van der Waals surface area contributed by atoms with Gasteiger partial charge in [-0.1, -0.05) is 30.3 Å². The van der Waals surface area contributed by atoms with E-state index in [1.54, 1.807) is 24.3 Å². The third-order valence-electron chi connectivity index (χ3n) is 4.56. The summed E-state index contributed by atoms with van der Waals surface area (Å²) >= 11 is 0. The molecule has 1 atom stereocenters. The third-order valence-corrected chi connectivity index (χ3v) is 4.56. The molecule has 2 N–H and O–H groups in total. The molecule has 27 heavy (non-hydrogen) atoms. The molecule has 0 radical (unpaired) electrons. The van der Waals surface area contributed by atoms with Crippen molar-refractivity contribution in [3.8, 4) is 11.5 Å². The summed E-state index contributed by atoms with van der Waals surface area (Å²) in [5.74, 6) is 2.01. The summed E-state index contributed by atoms with van der Waals surface area (Å²) in [4.78, 5) is 16.5. The van der Waals surface area contributed by atoms with Crippen molar-refractivity contribution in [2.24, 2.45) is 0 Å². The fourth-order valence-electron chi connectivity index (χ4n) is 3.24. The molecule has 0 saturated heterocycles. The SMILES string of the molecule is O=C(COc1ccccc1)Nc1nc2n(n1)CC(c1cccc(O)c1)CC2. The first-order valence-electron chi connectivity index (χ1n) is 8.88. The number of hydrogen-bond acceptors (Lipinski definition) is 5. The Bertz CT molecular complexity index is 939. The van der Waals surface area contributed by atoms with E-state index in [0.717, 1.165) is 24.2 Å². The van der Waals surface area contributed by atoms with Crippen LogP contribution in [0.2, 0.25) is 0 Å². The molecule has 138 valence electrons. The lowest BCUT2D eigenvalue weighted by molar-refractivity contribution is -0.118. The number of para-hydroxylation sites is 1. The number of hydrogen-bond donors (Lipinski definition) is 2. The molecule has 2 aromatic carbocycles. The number of nitrogens with one attached hydrogen (secondary N) is 1. The quantitative estimate of drug-likeness (QED) is 0.727. The second-order valence-corrected chi connectivity index (χ2v) is 6.51. The Morgan fingerprint density at radius 2 is 2.07 bits per heavy atom. The Hall–Kier alpha value is -3.35. The minimum Gasteiger partial charge on any atom is -0.508 e. The molecule has 0 aliphatic carbocycles. The average Bonchev–Trinajstić information content (AvgIpc) is 3.08. The van der Waals surface area contributed by atoms with Crippen LogP contribution in [-0.4, -0.2) is 32.4 Å². The number of phenolic OH excluding ortho intramolecular Hbond substituents is 1. The molecule has 1 amide bonds. The maximum atomic E-state index is 12.1. The summed E-state index contributed by atoms with van der Waals surface area (Å²) < 4.78 is 7.26. The number of fused-ring (bicyclic) bond motifs is 1. The van der Waals surface area contributed by atoms with Crippen molar-refractivity contribution in [1.29, 1.82) is 0 Å². The van der Waals surface area contributed by atoms with Crippen LogP contribution in [0.25, 0.3) is 0 Å². The van der Waals surface area contributed by atoms with Gasteiger partial charge in [0.1, 0.15) is 17.3 Å². The van der Waals surface area contributed by atoms with Gasteiger partial charge in [0.2, 0.25) is 5.95 Å². The molecule has 4 rings (SSSR count). The highest BCUT2D eigenvalue weighted by Crippen LogP contribution is 2.30. The van der Waals surface area contributed by atoms with Gasteiger partial charge >= 0.3 is 0 Å². The molecule has 1 aliphatic heterocycles. The Balaban J connectivity index is 1.37. The van der Waals surface area contributed by atoms with Crippen LogP contribution in [0, 0.1) is 0 Å². The number of aromatic nitrogens is 3. The molecule has 3 aromatic rings. The van der Waals surface area contributed by atoms with Crippen molar-refractivity contribution in [2.75, 3.05) is 11.9 Å². The number of aromatic hydroxyl groups is 1. The van der Waals surface area contributed by atoms with Crippen LogP contribution in [0.15, 0.2) is 54.6 Å². The van der Waals surface area contributed by atoms with Crippen molar-refractivity contribution in [3.63, 3.8) is 0 Å². The van der Waals surface area contributed by atoms with Gasteiger partial charge in [-0.3, -0.25) is 10.1 Å². The van der Waals surface area contributed by atoms with Gasteiger partial charge in [0.05, 0.1) is 0 Å². The van der Waals surface area contributed by atoms with Crippen LogP contribution in [0.1, 0.15) is 23.7 Å². The highest BCUT2D eigenvalue weighted by Gasteiger charge is 2.23. The van der Waals surface area contributed by atoms with Gasteiger partial charge < -0.3 is 9.84 Å². The minimum absolute atomic E-state index is 0.0974. The second-order valence-electron chi connectivity index (χ2n) is 6.51. The number of phenols is 1. The Morgan fingerprint density at radius 1 is 1.22 bits per heavy atom. The van der Waals surface area contributed by atoms with E-state index in [0.29, 0.717) is 18.2 Å². The molecule has 1 unspecified atom stereocenters. The summed E-state index contributed by atoms with van der Waals surface area (Å²) in [6, 6.07) is 16.5. The van der Waals surface area contributed by atoms with Crippen LogP contribution in [0.3, 0.4) is 0 Å². The van der Waals surface area contributed by atoms with Crippen molar-refractivity contribution >= 4 is 11.9 Å². The van der Waals surface area contributed by atoms with E-state index >= 15 is 0 Å². The number of rotatable bonds is 5. The summed E-state index contributed by atoms with van der Waals surface area (Å²) in [6.07, 6.45) is 1.69. The monoisotopic (exact) mass is 364 g/mol. The number of aryl methyl sites for hydroxylation is 1. The predicted molar refractivity (Wildman–Crippen MR) is 99.8 cm³/mol. The van der Waals surface area contributed by atoms with Gasteiger partial charge in [-0.05, 0) is 36.2 Å². The highest BCUT2D eigenvalue weighted by atomic mass is 16.5. The third kappa shape index (κ3) is 4.08. The molecule has 7 nitrogen and oxygen atoms in total. The molecule has 7 heteroatoms. The number of anilines is 1. The van der Waals surface area contributed by atoms with Gasteiger partial charge in [0.25, 0.3) is 5.91 Å². The molecular weight excluding hydrogens is 344 g/mol. The second kappa shape index (κ2) is 7.49. The number of amides is 1. The molecule has 0 saturated carbocycles. The van der Waals surface area contributed by atoms with Crippen LogP contribution in [-0.2, 0) is 17.8 Å². The predicted octanol–water partition coefficient (Wildman–Crippen LogP) is 2.73. The van der Waals surface area contributed by atoms with E-state index in [-0.39, 0.29) is 24.2 Å². The first-order chi connectivity index (χ1) is 13.2. The zero-order chi connectivity index (χ0) is 18.6. The molecule has 0 fully saturated rings. The summed E-state index contributed by atoms with van der Waals surface area (Å²) in [5.41, 5.74) is 1.08. The van der Waals surface area contributed by atoms with Gasteiger partial charge in [-0.15, -0.1) is 5.10 Å². The number of carbonyl (C=O) groups excluding carboxylic acids is 1. The van der Waals surface area contributed by atoms with Crippen LogP contribution >= 0.6 is 0 Å². The largest absolute Gasteiger partial charge is 0.508 e. The molecule has 0 spiro atoms. The van der Waals surface area contributed by atoms with Crippen molar-refractivity contribution in [1.82, 2.24) is 14.8 Å². The Morgan fingerprint density at radius 3 is 2.89 bits per heavy atom. The van der Waals surface area contributed by atoms with Crippen molar-refractivity contribution < 1.29 is 14.6 Å². The zero-order valence-electron chi connectivity index (χ0n) is 14.7. The number of nitrogens with zero attached hydrogens (tertiary/aromatic N) is 3. The molecule has 1 aromatic heterocycles. The van der Waals surface area contributed by atoms with E-state index in [9.17, 15) is 9.90 Å². The molecule has 2 heterocycles. The smallest absolute Gasteiger partial charge is 0.264 e. The molecule has 1 aliphatic rings. The zero-order valence-corrected chi connectivity index (χ0v) is 14.7. The lowest BCUT2D eigenvalue weighted by Gasteiger charge is -2.22. The normalized spacial score (nSPS) is 15.8. The first-order valence-corrected chi connectivity index (χ1v) is 8.88. The number of carbonyl (C=O) groups is 1. The summed E-state index contributed by atoms with van der Waals surface area (Å²) in [5, 5.41) is 16.8. The van der Waals surface area contributed by atoms with Gasteiger partial charge in [0.15, 0.2) is 6.61 Å². The standard InChI is InChI=1S/C20H20N4O3/c25-16-6-4-5-14(11-16)15-9-10-18-21-20(23-24(18)12-15)22-19(26)13-27-17-7-2-1-3-8-17/h1-8,11,15,25H,9-10,12-13H2,(H,22,23,26). The highest BCUT2D eigenvalue weighted by molar-refractivity contribution is 5.90. The van der Waals surface area contributed by atoms with E-state index < -0.39 is 0 Å². The van der Waals surface area contributed by atoms with Gasteiger partial charge in [0, 0.05) is 18.9 Å². The first kappa shape index (κ1) is 17.1. The van der Waals surface area contributed by atoms with Crippen LogP contribution in [0.5, 0.6) is 11.5 Å². The summed E-state index contributed by atoms with van der Waals surface area (Å²) in [6.45, 7) is 0.571. The lowest BCUT2D eigenvalue weighted by atomic mass is 9.92. The van der Waals surface area contributed by atoms with E-state index in [4.69, 9.17) is 4.74 Å². The van der Waals surface area contributed by atoms with Crippen molar-refractivity contribution in [2.45, 2.75) is 25.3 Å². The number of benzene rings is 2. The Labute approximate surface area is 156 Å².